The van der Waals surface area contributed by atoms with Gasteiger partial charge in [0.2, 0.25) is 0 Å². The van der Waals surface area contributed by atoms with E-state index in [1.54, 1.807) is 18.2 Å². The van der Waals surface area contributed by atoms with Gasteiger partial charge in [-0.05, 0) is 30.7 Å². The third-order valence-corrected chi connectivity index (χ3v) is 2.76. The Kier molecular flexibility index (Phi) is 3.82. The second kappa shape index (κ2) is 5.54. The molecule has 0 bridgehead atoms. The average Bonchev–Trinajstić information content (AvgIpc) is 2.38. The first-order chi connectivity index (χ1) is 8.70. The Morgan fingerprint density at radius 2 is 1.94 bits per heavy atom. The van der Waals surface area contributed by atoms with E-state index in [2.05, 4.69) is 5.32 Å². The molecule has 0 aliphatic rings. The molecule has 2 aromatic rings. The molecule has 0 amide bonds. The summed E-state index contributed by atoms with van der Waals surface area (Å²) in [5.41, 5.74) is 2.75. The van der Waals surface area contributed by atoms with Crippen LogP contribution in [0.15, 0.2) is 42.5 Å². The minimum absolute atomic E-state index is 0.276. The summed E-state index contributed by atoms with van der Waals surface area (Å²) in [5, 5.41) is 3.20. The monoisotopic (exact) mass is 245 g/mol. The number of aryl methyl sites for hydroxylation is 1. The molecule has 0 aliphatic heterocycles. The summed E-state index contributed by atoms with van der Waals surface area (Å²) >= 11 is 0. The zero-order valence-electron chi connectivity index (χ0n) is 10.5. The van der Waals surface area contributed by atoms with Crippen molar-refractivity contribution in [1.29, 1.82) is 0 Å². The van der Waals surface area contributed by atoms with Gasteiger partial charge in [0, 0.05) is 17.8 Å². The van der Waals surface area contributed by atoms with Crippen LogP contribution in [0.2, 0.25) is 0 Å². The molecule has 3 heteroatoms. The Balaban J connectivity index is 2.11. The molecule has 2 nitrogen and oxygen atoms in total. The van der Waals surface area contributed by atoms with Gasteiger partial charge in [-0.2, -0.15) is 0 Å². The van der Waals surface area contributed by atoms with Crippen LogP contribution >= 0.6 is 0 Å². The van der Waals surface area contributed by atoms with Crippen LogP contribution < -0.4 is 10.1 Å². The van der Waals surface area contributed by atoms with Crippen molar-refractivity contribution in [2.45, 2.75) is 13.5 Å². The highest BCUT2D eigenvalue weighted by Crippen LogP contribution is 2.21. The summed E-state index contributed by atoms with van der Waals surface area (Å²) in [6.07, 6.45) is 0. The maximum absolute atomic E-state index is 13.9. The quantitative estimate of drug-likeness (QED) is 0.885. The fourth-order valence-electron chi connectivity index (χ4n) is 1.80. The standard InChI is InChI=1S/C15H16FNO/c1-11-5-3-7-13(9-11)17-10-12-6-4-8-14(18-2)15(12)16/h3-9,17H,10H2,1-2H3. The molecule has 0 unspecified atom stereocenters. The van der Waals surface area contributed by atoms with Crippen LogP contribution in [0.5, 0.6) is 5.75 Å². The molecule has 2 rings (SSSR count). The van der Waals surface area contributed by atoms with Crippen LogP contribution in [-0.2, 0) is 6.54 Å². The van der Waals surface area contributed by atoms with Crippen molar-refractivity contribution in [1.82, 2.24) is 0 Å². The van der Waals surface area contributed by atoms with Gasteiger partial charge in [-0.1, -0.05) is 24.3 Å². The predicted octanol–water partition coefficient (Wildman–Crippen LogP) is 3.75. The lowest BCUT2D eigenvalue weighted by Gasteiger charge is -2.10. The number of hydrogen-bond donors (Lipinski definition) is 1. The topological polar surface area (TPSA) is 21.3 Å². The normalized spacial score (nSPS) is 10.2. The van der Waals surface area contributed by atoms with Gasteiger partial charge in [0.05, 0.1) is 7.11 Å². The molecule has 0 radical (unpaired) electrons. The molecule has 1 N–H and O–H groups in total. The third-order valence-electron chi connectivity index (χ3n) is 2.76. The Hall–Kier alpha value is -2.03. The minimum Gasteiger partial charge on any atom is -0.494 e. The number of hydrogen-bond acceptors (Lipinski definition) is 2. The number of nitrogens with one attached hydrogen (secondary N) is 1. The summed E-state index contributed by atoms with van der Waals surface area (Å²) < 4.78 is 18.8. The van der Waals surface area contributed by atoms with E-state index in [1.165, 1.54) is 12.7 Å². The van der Waals surface area contributed by atoms with Gasteiger partial charge in [-0.15, -0.1) is 0 Å². The van der Waals surface area contributed by atoms with Crippen LogP contribution in [-0.4, -0.2) is 7.11 Å². The average molecular weight is 245 g/mol. The Labute approximate surface area is 106 Å². The fraction of sp³-hybridized carbons (Fsp3) is 0.200. The number of methoxy groups -OCH3 is 1. The van der Waals surface area contributed by atoms with E-state index in [0.717, 1.165) is 5.69 Å². The van der Waals surface area contributed by atoms with Crippen LogP contribution in [0.1, 0.15) is 11.1 Å². The van der Waals surface area contributed by atoms with Gasteiger partial charge < -0.3 is 10.1 Å². The molecule has 18 heavy (non-hydrogen) atoms. The zero-order chi connectivity index (χ0) is 13.0. The number of rotatable bonds is 4. The van der Waals surface area contributed by atoms with Crippen LogP contribution in [0.3, 0.4) is 0 Å². The number of halogens is 1. The van der Waals surface area contributed by atoms with Crippen molar-refractivity contribution in [3.63, 3.8) is 0 Å². The Morgan fingerprint density at radius 1 is 1.17 bits per heavy atom. The van der Waals surface area contributed by atoms with Gasteiger partial charge in [0.25, 0.3) is 0 Å². The largest absolute Gasteiger partial charge is 0.494 e. The lowest BCUT2D eigenvalue weighted by molar-refractivity contribution is 0.384. The van der Waals surface area contributed by atoms with E-state index in [0.29, 0.717) is 12.1 Å². The summed E-state index contributed by atoms with van der Waals surface area (Å²) in [5.74, 6) is -0.0290. The van der Waals surface area contributed by atoms with E-state index in [9.17, 15) is 4.39 Å². The molecule has 0 fully saturated rings. The number of anilines is 1. The predicted molar refractivity (Wildman–Crippen MR) is 71.5 cm³/mol. The van der Waals surface area contributed by atoms with Crippen LogP contribution in [0.25, 0.3) is 0 Å². The lowest BCUT2D eigenvalue weighted by Crippen LogP contribution is -2.03. The molecule has 0 saturated heterocycles. The van der Waals surface area contributed by atoms with Gasteiger partial charge in [0.15, 0.2) is 11.6 Å². The summed E-state index contributed by atoms with van der Waals surface area (Å²) in [6, 6.07) is 13.1. The van der Waals surface area contributed by atoms with Crippen LogP contribution in [0.4, 0.5) is 10.1 Å². The van der Waals surface area contributed by atoms with E-state index < -0.39 is 0 Å². The second-order valence-electron chi connectivity index (χ2n) is 4.16. The first-order valence-corrected chi connectivity index (χ1v) is 5.82. The highest BCUT2D eigenvalue weighted by Gasteiger charge is 2.07. The molecule has 0 atom stereocenters. The van der Waals surface area contributed by atoms with E-state index in [-0.39, 0.29) is 11.6 Å². The van der Waals surface area contributed by atoms with Crippen molar-refractivity contribution in [3.8, 4) is 5.75 Å². The third kappa shape index (κ3) is 2.80. The van der Waals surface area contributed by atoms with Crippen LogP contribution in [0, 0.1) is 12.7 Å². The SMILES string of the molecule is COc1cccc(CNc2cccc(C)c2)c1F. The molecular formula is C15H16FNO. The molecule has 0 spiro atoms. The summed E-state index contributed by atoms with van der Waals surface area (Å²) in [7, 11) is 1.47. The maximum atomic E-state index is 13.9. The van der Waals surface area contributed by atoms with Crippen molar-refractivity contribution in [2.75, 3.05) is 12.4 Å². The highest BCUT2D eigenvalue weighted by atomic mass is 19.1. The summed E-state index contributed by atoms with van der Waals surface area (Å²) in [4.78, 5) is 0. The lowest BCUT2D eigenvalue weighted by atomic mass is 10.2. The van der Waals surface area contributed by atoms with E-state index in [4.69, 9.17) is 4.74 Å². The van der Waals surface area contributed by atoms with Crippen molar-refractivity contribution < 1.29 is 9.13 Å². The molecule has 0 aromatic heterocycles. The smallest absolute Gasteiger partial charge is 0.170 e. The Morgan fingerprint density at radius 3 is 2.67 bits per heavy atom. The molecule has 2 aromatic carbocycles. The number of ether oxygens (including phenoxy) is 1. The molecular weight excluding hydrogens is 229 g/mol. The molecule has 0 saturated carbocycles. The number of benzene rings is 2. The van der Waals surface area contributed by atoms with Crippen molar-refractivity contribution in [2.24, 2.45) is 0 Å². The Bertz CT molecular complexity index is 540. The van der Waals surface area contributed by atoms with Crippen molar-refractivity contribution in [3.05, 3.63) is 59.4 Å². The summed E-state index contributed by atoms with van der Waals surface area (Å²) in [6.45, 7) is 2.46. The first kappa shape index (κ1) is 12.4. The molecule has 0 heterocycles. The minimum atomic E-state index is -0.305. The van der Waals surface area contributed by atoms with E-state index in [1.807, 2.05) is 31.2 Å². The highest BCUT2D eigenvalue weighted by molar-refractivity contribution is 5.46. The molecule has 0 aliphatic carbocycles. The van der Waals surface area contributed by atoms with Gasteiger partial charge in [-0.25, -0.2) is 4.39 Å². The fourth-order valence-corrected chi connectivity index (χ4v) is 1.80. The van der Waals surface area contributed by atoms with Crippen molar-refractivity contribution >= 4 is 5.69 Å². The van der Waals surface area contributed by atoms with E-state index >= 15 is 0 Å². The maximum Gasteiger partial charge on any atom is 0.170 e. The van der Waals surface area contributed by atoms with Gasteiger partial charge in [-0.3, -0.25) is 0 Å². The molecule has 94 valence electrons. The van der Waals surface area contributed by atoms with Gasteiger partial charge in [0.1, 0.15) is 0 Å². The second-order valence-corrected chi connectivity index (χ2v) is 4.16. The van der Waals surface area contributed by atoms with Gasteiger partial charge >= 0.3 is 0 Å². The first-order valence-electron chi connectivity index (χ1n) is 5.82. The zero-order valence-corrected chi connectivity index (χ0v) is 10.5.